The van der Waals surface area contributed by atoms with E-state index in [4.69, 9.17) is 9.47 Å². The number of carbonyl (C=O) groups is 1. The van der Waals surface area contributed by atoms with Gasteiger partial charge in [0.2, 0.25) is 10.0 Å². The van der Waals surface area contributed by atoms with Crippen LogP contribution >= 0.6 is 11.3 Å². The van der Waals surface area contributed by atoms with Crippen LogP contribution in [0.2, 0.25) is 0 Å². The summed E-state index contributed by atoms with van der Waals surface area (Å²) in [7, 11) is -2.28. The summed E-state index contributed by atoms with van der Waals surface area (Å²) >= 11 is 1.40. The molecule has 1 fully saturated rings. The number of anilines is 2. The van der Waals surface area contributed by atoms with Crippen LogP contribution < -0.4 is 10.1 Å². The van der Waals surface area contributed by atoms with Gasteiger partial charge < -0.3 is 14.8 Å². The molecular formula is C24H27N3O5S2. The molecule has 3 aromatic rings. The van der Waals surface area contributed by atoms with E-state index >= 15 is 0 Å². The van der Waals surface area contributed by atoms with E-state index in [0.717, 1.165) is 31.4 Å². The molecule has 1 aliphatic rings. The number of aromatic nitrogens is 1. The summed E-state index contributed by atoms with van der Waals surface area (Å²) < 4.78 is 38.6. The van der Waals surface area contributed by atoms with Gasteiger partial charge in [-0.1, -0.05) is 31.0 Å². The van der Waals surface area contributed by atoms with Crippen LogP contribution in [0.4, 0.5) is 10.8 Å². The zero-order valence-corrected chi connectivity index (χ0v) is 20.5. The van der Waals surface area contributed by atoms with Gasteiger partial charge in [0.1, 0.15) is 17.9 Å². The van der Waals surface area contributed by atoms with Gasteiger partial charge in [0.05, 0.1) is 17.7 Å². The van der Waals surface area contributed by atoms with Crippen molar-refractivity contribution in [2.24, 2.45) is 0 Å². The first-order chi connectivity index (χ1) is 16.5. The normalized spacial score (nSPS) is 14.9. The van der Waals surface area contributed by atoms with Crippen LogP contribution in [0.15, 0.2) is 58.8 Å². The number of nitrogens with one attached hydrogen (secondary N) is 1. The van der Waals surface area contributed by atoms with Crippen molar-refractivity contribution in [2.45, 2.75) is 37.2 Å². The van der Waals surface area contributed by atoms with E-state index in [1.165, 1.54) is 41.0 Å². The fourth-order valence-corrected chi connectivity index (χ4v) is 5.99. The maximum Gasteiger partial charge on any atom is 0.342 e. The number of ether oxygens (including phenoxy) is 2. The number of esters is 1. The Morgan fingerprint density at radius 3 is 2.53 bits per heavy atom. The average molecular weight is 502 g/mol. The van der Waals surface area contributed by atoms with Gasteiger partial charge in [-0.3, -0.25) is 0 Å². The Morgan fingerprint density at radius 1 is 1.09 bits per heavy atom. The van der Waals surface area contributed by atoms with E-state index in [1.54, 1.807) is 5.38 Å². The Labute approximate surface area is 203 Å². The SMILES string of the molecule is COc1ccc(S(=O)(=O)N2CCCCCC2)cc1C(=O)OCc1csc(Nc2ccccc2)n1. The minimum absolute atomic E-state index is 0.0436. The highest BCUT2D eigenvalue weighted by Gasteiger charge is 2.27. The van der Waals surface area contributed by atoms with Crippen LogP contribution in [0.3, 0.4) is 0 Å². The number of para-hydroxylation sites is 1. The molecule has 1 aliphatic heterocycles. The molecule has 2 aromatic carbocycles. The lowest BCUT2D eigenvalue weighted by molar-refractivity contribution is 0.0464. The number of rotatable bonds is 8. The lowest BCUT2D eigenvalue weighted by atomic mass is 10.2. The maximum absolute atomic E-state index is 13.2. The monoisotopic (exact) mass is 501 g/mol. The molecule has 8 nitrogen and oxygen atoms in total. The summed E-state index contributed by atoms with van der Waals surface area (Å²) in [4.78, 5) is 17.4. The molecule has 0 radical (unpaired) electrons. The number of sulfonamides is 1. The van der Waals surface area contributed by atoms with E-state index in [1.807, 2.05) is 30.3 Å². The second-order valence-corrected chi connectivity index (χ2v) is 10.7. The molecule has 0 bridgehead atoms. The predicted octanol–water partition coefficient (Wildman–Crippen LogP) is 4.82. The van der Waals surface area contributed by atoms with E-state index < -0.39 is 16.0 Å². The van der Waals surface area contributed by atoms with Crippen LogP contribution in [-0.2, 0) is 21.4 Å². The molecule has 0 atom stereocenters. The molecule has 180 valence electrons. The molecule has 1 aromatic heterocycles. The van der Waals surface area contributed by atoms with Gasteiger partial charge in [-0.2, -0.15) is 4.31 Å². The van der Waals surface area contributed by atoms with Crippen LogP contribution in [0.25, 0.3) is 0 Å². The van der Waals surface area contributed by atoms with Crippen molar-refractivity contribution in [1.29, 1.82) is 0 Å². The highest BCUT2D eigenvalue weighted by molar-refractivity contribution is 7.89. The summed E-state index contributed by atoms with van der Waals surface area (Å²) in [6, 6.07) is 13.9. The standard InChI is InChI=1S/C24H27N3O5S2/c1-31-22-12-11-20(34(29,30)27-13-7-2-3-8-14-27)15-21(22)23(28)32-16-19-17-33-24(26-19)25-18-9-5-4-6-10-18/h4-6,9-12,15,17H,2-3,7-8,13-14,16H2,1H3,(H,25,26). The Balaban J connectivity index is 1.46. The van der Waals surface area contributed by atoms with Crippen molar-refractivity contribution < 1.29 is 22.7 Å². The van der Waals surface area contributed by atoms with Crippen molar-refractivity contribution in [1.82, 2.24) is 9.29 Å². The quantitative estimate of drug-likeness (QED) is 0.442. The summed E-state index contributed by atoms with van der Waals surface area (Å²) in [5, 5.41) is 5.68. The third-order valence-electron chi connectivity index (χ3n) is 5.52. The second kappa shape index (κ2) is 11.0. The molecule has 0 aliphatic carbocycles. The molecule has 10 heteroatoms. The Kier molecular flexibility index (Phi) is 7.81. The smallest absolute Gasteiger partial charge is 0.342 e. The Morgan fingerprint density at radius 2 is 1.82 bits per heavy atom. The maximum atomic E-state index is 13.2. The first-order valence-corrected chi connectivity index (χ1v) is 13.4. The van der Waals surface area contributed by atoms with Gasteiger partial charge >= 0.3 is 5.97 Å². The molecule has 0 unspecified atom stereocenters. The average Bonchev–Trinajstić information content (AvgIpc) is 3.11. The van der Waals surface area contributed by atoms with Crippen molar-refractivity contribution in [3.05, 3.63) is 65.2 Å². The van der Waals surface area contributed by atoms with Crippen LogP contribution in [0.1, 0.15) is 41.7 Å². The van der Waals surface area contributed by atoms with Gasteiger partial charge in [-0.25, -0.2) is 18.2 Å². The summed E-state index contributed by atoms with van der Waals surface area (Å²) in [6.45, 7) is 0.923. The van der Waals surface area contributed by atoms with Gasteiger partial charge in [-0.05, 0) is 43.2 Å². The number of benzene rings is 2. The third kappa shape index (κ3) is 5.75. The van der Waals surface area contributed by atoms with Crippen molar-refractivity contribution >= 4 is 38.1 Å². The van der Waals surface area contributed by atoms with E-state index in [-0.39, 0.29) is 22.8 Å². The fourth-order valence-electron chi connectivity index (χ4n) is 3.73. The number of nitrogens with zero attached hydrogens (tertiary/aromatic N) is 2. The molecule has 0 saturated carbocycles. The fraction of sp³-hybridized carbons (Fsp3) is 0.333. The van der Waals surface area contributed by atoms with Crippen LogP contribution in [0.5, 0.6) is 5.75 Å². The molecule has 1 saturated heterocycles. The topological polar surface area (TPSA) is 97.8 Å². The highest BCUT2D eigenvalue weighted by atomic mass is 32.2. The molecule has 34 heavy (non-hydrogen) atoms. The highest BCUT2D eigenvalue weighted by Crippen LogP contribution is 2.27. The van der Waals surface area contributed by atoms with Crippen molar-refractivity contribution in [2.75, 3.05) is 25.5 Å². The predicted molar refractivity (Wildman–Crippen MR) is 131 cm³/mol. The number of thiazole rings is 1. The van der Waals surface area contributed by atoms with Gasteiger partial charge in [0, 0.05) is 24.2 Å². The number of hydrogen-bond donors (Lipinski definition) is 1. The second-order valence-electron chi connectivity index (χ2n) is 7.89. The number of methoxy groups -OCH3 is 1. The van der Waals surface area contributed by atoms with Gasteiger partial charge in [0.15, 0.2) is 5.13 Å². The minimum atomic E-state index is -3.71. The molecular weight excluding hydrogens is 474 g/mol. The van der Waals surface area contributed by atoms with Gasteiger partial charge in [-0.15, -0.1) is 11.3 Å². The lowest BCUT2D eigenvalue weighted by Gasteiger charge is -2.20. The van der Waals surface area contributed by atoms with Crippen LogP contribution in [-0.4, -0.2) is 43.9 Å². The summed E-state index contributed by atoms with van der Waals surface area (Å²) in [5.74, 6) is -0.417. The van der Waals surface area contributed by atoms with Gasteiger partial charge in [0.25, 0.3) is 0 Å². The number of hydrogen-bond acceptors (Lipinski definition) is 8. The largest absolute Gasteiger partial charge is 0.496 e. The lowest BCUT2D eigenvalue weighted by Crippen LogP contribution is -2.32. The van der Waals surface area contributed by atoms with E-state index in [2.05, 4.69) is 10.3 Å². The van der Waals surface area contributed by atoms with Crippen molar-refractivity contribution in [3.63, 3.8) is 0 Å². The number of carbonyl (C=O) groups excluding carboxylic acids is 1. The first-order valence-electron chi connectivity index (χ1n) is 11.1. The Hall–Kier alpha value is -2.95. The summed E-state index contributed by atoms with van der Waals surface area (Å²) in [6.07, 6.45) is 3.70. The molecule has 0 spiro atoms. The molecule has 2 heterocycles. The third-order valence-corrected chi connectivity index (χ3v) is 8.22. The first kappa shape index (κ1) is 24.2. The zero-order chi connectivity index (χ0) is 24.0. The summed E-state index contributed by atoms with van der Waals surface area (Å²) in [5.41, 5.74) is 1.56. The zero-order valence-electron chi connectivity index (χ0n) is 18.9. The van der Waals surface area contributed by atoms with E-state index in [9.17, 15) is 13.2 Å². The van der Waals surface area contributed by atoms with Crippen molar-refractivity contribution in [3.8, 4) is 5.75 Å². The van der Waals surface area contributed by atoms with Crippen LogP contribution in [0, 0.1) is 0 Å². The minimum Gasteiger partial charge on any atom is -0.496 e. The molecule has 0 amide bonds. The Bertz CT molecular complexity index is 1220. The molecule has 1 N–H and O–H groups in total. The van der Waals surface area contributed by atoms with E-state index in [0.29, 0.717) is 23.9 Å². The molecule has 4 rings (SSSR count).